The first-order chi connectivity index (χ1) is 18.1. The Morgan fingerprint density at radius 1 is 1.05 bits per heavy atom. The summed E-state index contributed by atoms with van der Waals surface area (Å²) < 4.78 is 13.3. The Balaban J connectivity index is 1.42. The number of aromatic nitrogens is 4. The monoisotopic (exact) mass is 491 g/mol. The third-order valence-corrected chi connectivity index (χ3v) is 6.53. The Labute approximate surface area is 213 Å². The summed E-state index contributed by atoms with van der Waals surface area (Å²) in [7, 11) is 1.81. The lowest BCUT2D eigenvalue weighted by molar-refractivity contribution is 0.0787. The molecule has 0 atom stereocenters. The number of carbonyl (C=O) groups is 1. The topological polar surface area (TPSA) is 90.2 Å². The lowest BCUT2D eigenvalue weighted by Crippen LogP contribution is -2.27. The van der Waals surface area contributed by atoms with Crippen molar-refractivity contribution in [3.05, 3.63) is 102 Å². The molecule has 184 valence electrons. The number of rotatable bonds is 7. The molecule has 0 spiro atoms. The van der Waals surface area contributed by atoms with E-state index in [0.29, 0.717) is 35.4 Å². The molecule has 0 N–H and O–H groups in total. The van der Waals surface area contributed by atoms with Crippen LogP contribution in [0.15, 0.2) is 88.3 Å². The third-order valence-electron chi connectivity index (χ3n) is 6.53. The van der Waals surface area contributed by atoms with Gasteiger partial charge in [-0.1, -0.05) is 25.1 Å². The molecule has 0 saturated carbocycles. The predicted octanol–water partition coefficient (Wildman–Crippen LogP) is 5.72. The van der Waals surface area contributed by atoms with Crippen molar-refractivity contribution in [2.24, 2.45) is 0 Å². The average Bonchev–Trinajstić information content (AvgIpc) is 3.68. The van der Waals surface area contributed by atoms with Gasteiger partial charge in [-0.15, -0.1) is 0 Å². The first-order valence-electron chi connectivity index (χ1n) is 12.2. The van der Waals surface area contributed by atoms with E-state index in [1.165, 1.54) is 0 Å². The van der Waals surface area contributed by atoms with E-state index in [0.717, 1.165) is 40.0 Å². The average molecular weight is 492 g/mol. The highest BCUT2D eigenvalue weighted by Gasteiger charge is 2.23. The Kier molecular flexibility index (Phi) is 5.76. The van der Waals surface area contributed by atoms with Gasteiger partial charge in [0.15, 0.2) is 5.65 Å². The van der Waals surface area contributed by atoms with Gasteiger partial charge in [-0.3, -0.25) is 9.78 Å². The van der Waals surface area contributed by atoms with E-state index >= 15 is 0 Å². The lowest BCUT2D eigenvalue weighted by atomic mass is 10.1. The molecule has 0 aliphatic heterocycles. The van der Waals surface area contributed by atoms with Gasteiger partial charge in [0.1, 0.15) is 23.6 Å². The fraction of sp³-hybridized carbons (Fsp3) is 0.172. The number of carbonyl (C=O) groups excluding carboxylic acids is 1. The van der Waals surface area contributed by atoms with E-state index in [1.54, 1.807) is 34.4 Å². The number of amides is 1. The van der Waals surface area contributed by atoms with Crippen molar-refractivity contribution in [1.82, 2.24) is 24.6 Å². The largest absolute Gasteiger partial charge is 0.467 e. The van der Waals surface area contributed by atoms with Gasteiger partial charge < -0.3 is 13.7 Å². The highest BCUT2D eigenvalue weighted by atomic mass is 16.3. The maximum atomic E-state index is 13.9. The zero-order valence-electron chi connectivity index (χ0n) is 20.6. The summed E-state index contributed by atoms with van der Waals surface area (Å²) in [5.41, 5.74) is 4.47. The minimum Gasteiger partial charge on any atom is -0.467 e. The first kappa shape index (κ1) is 22.7. The molecule has 0 unspecified atom stereocenters. The van der Waals surface area contributed by atoms with Crippen molar-refractivity contribution in [3.63, 3.8) is 0 Å². The van der Waals surface area contributed by atoms with Crippen LogP contribution in [0.25, 0.3) is 33.3 Å². The number of hydrogen-bond acceptors (Lipinski definition) is 6. The molecule has 8 heteroatoms. The molecular weight excluding hydrogens is 466 g/mol. The summed E-state index contributed by atoms with van der Waals surface area (Å²) in [5.74, 6) is 1.52. The minimum absolute atomic E-state index is 0.123. The Bertz CT molecular complexity index is 1700. The van der Waals surface area contributed by atoms with Gasteiger partial charge in [0.2, 0.25) is 0 Å². The molecule has 1 aromatic carbocycles. The SMILES string of the molecule is CCc1oc2ccccc2c1CN(C)C(=O)c1cc(-c2cccnc2)nc2c1cnn2Cc1ccco1. The molecule has 37 heavy (non-hydrogen) atoms. The van der Waals surface area contributed by atoms with Crippen LogP contribution in [0.3, 0.4) is 0 Å². The van der Waals surface area contributed by atoms with Crippen molar-refractivity contribution < 1.29 is 13.6 Å². The summed E-state index contributed by atoms with van der Waals surface area (Å²) in [6, 6.07) is 17.3. The summed E-state index contributed by atoms with van der Waals surface area (Å²) in [6.45, 7) is 2.89. The van der Waals surface area contributed by atoms with Gasteiger partial charge in [-0.2, -0.15) is 5.10 Å². The normalized spacial score (nSPS) is 11.4. The molecule has 0 saturated heterocycles. The molecule has 0 bridgehead atoms. The fourth-order valence-corrected chi connectivity index (χ4v) is 4.68. The van der Waals surface area contributed by atoms with E-state index in [2.05, 4.69) is 17.0 Å². The Hall–Kier alpha value is -4.72. The number of aryl methyl sites for hydroxylation is 1. The highest BCUT2D eigenvalue weighted by molar-refractivity contribution is 6.06. The minimum atomic E-state index is -0.123. The zero-order valence-corrected chi connectivity index (χ0v) is 20.6. The molecule has 6 rings (SSSR count). The van der Waals surface area contributed by atoms with Gasteiger partial charge in [0.05, 0.1) is 29.1 Å². The summed E-state index contributed by atoms with van der Waals surface area (Å²) in [4.78, 5) is 24.8. The van der Waals surface area contributed by atoms with Gasteiger partial charge >= 0.3 is 0 Å². The van der Waals surface area contributed by atoms with Crippen LogP contribution in [-0.2, 0) is 19.5 Å². The number of fused-ring (bicyclic) bond motifs is 2. The number of benzene rings is 1. The van der Waals surface area contributed by atoms with Crippen LogP contribution in [-0.4, -0.2) is 37.6 Å². The molecule has 5 aromatic heterocycles. The quantitative estimate of drug-likeness (QED) is 0.284. The van der Waals surface area contributed by atoms with Crippen LogP contribution in [0.4, 0.5) is 0 Å². The zero-order chi connectivity index (χ0) is 25.4. The number of furan rings is 2. The molecule has 0 fully saturated rings. The number of nitrogens with zero attached hydrogens (tertiary/aromatic N) is 5. The van der Waals surface area contributed by atoms with E-state index < -0.39 is 0 Å². The van der Waals surface area contributed by atoms with E-state index in [4.69, 9.17) is 13.8 Å². The van der Waals surface area contributed by atoms with E-state index in [-0.39, 0.29) is 5.91 Å². The van der Waals surface area contributed by atoms with Gasteiger partial charge in [-0.25, -0.2) is 9.67 Å². The van der Waals surface area contributed by atoms with Gasteiger partial charge in [0.25, 0.3) is 5.91 Å². The van der Waals surface area contributed by atoms with Crippen LogP contribution >= 0.6 is 0 Å². The fourth-order valence-electron chi connectivity index (χ4n) is 4.68. The third kappa shape index (κ3) is 4.16. The standard InChI is InChI=1S/C29H25N5O3/c1-3-26-24(21-10-4-5-11-27(21)37-26)18-33(2)29(35)22-14-25(19-8-6-12-30-15-19)32-28-23(22)16-31-34(28)17-20-9-7-13-36-20/h4-16H,3,17-18H2,1-2H3. The van der Waals surface area contributed by atoms with Crippen LogP contribution < -0.4 is 0 Å². The molecule has 8 nitrogen and oxygen atoms in total. The lowest BCUT2D eigenvalue weighted by Gasteiger charge is -2.18. The molecular formula is C29H25N5O3. The van der Waals surface area contributed by atoms with Crippen molar-refractivity contribution in [1.29, 1.82) is 0 Å². The summed E-state index contributed by atoms with van der Waals surface area (Å²) in [5, 5.41) is 6.26. The second kappa shape index (κ2) is 9.39. The maximum absolute atomic E-state index is 13.9. The molecule has 0 aliphatic rings. The van der Waals surface area contributed by atoms with Crippen LogP contribution in [0.2, 0.25) is 0 Å². The molecule has 6 aromatic rings. The first-order valence-corrected chi connectivity index (χ1v) is 12.2. The molecule has 0 radical (unpaired) electrons. The number of pyridine rings is 2. The Morgan fingerprint density at radius 2 is 1.95 bits per heavy atom. The van der Waals surface area contributed by atoms with Crippen molar-refractivity contribution in [3.8, 4) is 11.3 Å². The van der Waals surface area contributed by atoms with E-state index in [1.807, 2.05) is 61.6 Å². The summed E-state index contributed by atoms with van der Waals surface area (Å²) >= 11 is 0. The summed E-state index contributed by atoms with van der Waals surface area (Å²) in [6.07, 6.45) is 7.53. The van der Waals surface area contributed by atoms with E-state index in [9.17, 15) is 4.79 Å². The van der Waals surface area contributed by atoms with Crippen LogP contribution in [0.5, 0.6) is 0 Å². The van der Waals surface area contributed by atoms with Crippen molar-refractivity contribution >= 4 is 27.9 Å². The molecule has 5 heterocycles. The number of hydrogen-bond donors (Lipinski definition) is 0. The van der Waals surface area contributed by atoms with Crippen LogP contribution in [0, 0.1) is 0 Å². The van der Waals surface area contributed by atoms with Gasteiger partial charge in [0, 0.05) is 48.9 Å². The second-order valence-corrected chi connectivity index (χ2v) is 8.93. The predicted molar refractivity (Wildman–Crippen MR) is 140 cm³/mol. The van der Waals surface area contributed by atoms with Crippen LogP contribution in [0.1, 0.15) is 34.4 Å². The second-order valence-electron chi connectivity index (χ2n) is 8.93. The Morgan fingerprint density at radius 3 is 2.73 bits per heavy atom. The molecule has 0 aliphatic carbocycles. The maximum Gasteiger partial charge on any atom is 0.254 e. The smallest absolute Gasteiger partial charge is 0.254 e. The highest BCUT2D eigenvalue weighted by Crippen LogP contribution is 2.29. The van der Waals surface area contributed by atoms with Crippen molar-refractivity contribution in [2.45, 2.75) is 26.4 Å². The molecule has 1 amide bonds. The van der Waals surface area contributed by atoms with Crippen molar-refractivity contribution in [2.75, 3.05) is 7.05 Å². The number of para-hydroxylation sites is 1. The van der Waals surface area contributed by atoms with Gasteiger partial charge in [-0.05, 0) is 36.4 Å².